The molecule has 0 fully saturated rings. The number of hydrogen-bond donors (Lipinski definition) is 1. The number of rotatable bonds is 0. The van der Waals surface area contributed by atoms with Crippen LogP contribution in [-0.2, 0) is 5.75 Å². The molecule has 0 bridgehead atoms. The minimum absolute atomic E-state index is 0.0213. The summed E-state index contributed by atoms with van der Waals surface area (Å²) in [5.74, 6) is 1.61. The van der Waals surface area contributed by atoms with E-state index in [1.807, 2.05) is 6.07 Å². The Hall–Kier alpha value is -0.0600. The molecule has 4 heteroatoms. The lowest BCUT2D eigenvalue weighted by Gasteiger charge is -2.13. The second kappa shape index (κ2) is 4.21. The number of halogens is 2. The van der Waals surface area contributed by atoms with Crippen LogP contribution in [0.4, 0.5) is 4.39 Å². The number of hydrogen-bond acceptors (Lipinski definition) is 2. The van der Waals surface area contributed by atoms with E-state index in [0.29, 0.717) is 0 Å². The van der Waals surface area contributed by atoms with Crippen molar-refractivity contribution in [3.8, 4) is 0 Å². The van der Waals surface area contributed by atoms with Crippen molar-refractivity contribution in [1.82, 2.24) is 0 Å². The monoisotopic (exact) mass is 275 g/mol. The van der Waals surface area contributed by atoms with Gasteiger partial charge in [-0.2, -0.15) is 11.8 Å². The number of fused-ring (bicyclic) bond motifs is 1. The first kappa shape index (κ1) is 10.5. The molecule has 2 N–H and O–H groups in total. The largest absolute Gasteiger partial charge is 0.324 e. The van der Waals surface area contributed by atoms with Gasteiger partial charge in [0.25, 0.3) is 0 Å². The van der Waals surface area contributed by atoms with Crippen molar-refractivity contribution in [2.75, 3.05) is 5.75 Å². The van der Waals surface area contributed by atoms with Gasteiger partial charge in [-0.25, -0.2) is 4.39 Å². The zero-order chi connectivity index (χ0) is 10.1. The molecule has 0 spiro atoms. The summed E-state index contributed by atoms with van der Waals surface area (Å²) < 4.78 is 14.4. The fourth-order valence-corrected chi connectivity index (χ4v) is 3.17. The van der Waals surface area contributed by atoms with Crippen LogP contribution in [0.5, 0.6) is 0 Å². The molecule has 1 aliphatic heterocycles. The molecule has 0 aromatic heterocycles. The van der Waals surface area contributed by atoms with Gasteiger partial charge in [-0.3, -0.25) is 0 Å². The molecular weight excluding hydrogens is 265 g/mol. The Balaban J connectivity index is 2.53. The molecule has 0 aliphatic carbocycles. The van der Waals surface area contributed by atoms with E-state index in [-0.39, 0.29) is 11.9 Å². The Labute approximate surface area is 95.4 Å². The lowest BCUT2D eigenvalue weighted by Crippen LogP contribution is -2.12. The topological polar surface area (TPSA) is 26.0 Å². The lowest BCUT2D eigenvalue weighted by molar-refractivity contribution is 0.605. The fourth-order valence-electron chi connectivity index (χ4n) is 1.65. The molecule has 1 aliphatic rings. The van der Waals surface area contributed by atoms with E-state index in [2.05, 4.69) is 15.9 Å². The van der Waals surface area contributed by atoms with Gasteiger partial charge in [-0.05, 0) is 29.9 Å². The van der Waals surface area contributed by atoms with Crippen LogP contribution in [-0.4, -0.2) is 5.75 Å². The maximum Gasteiger partial charge on any atom is 0.128 e. The van der Waals surface area contributed by atoms with E-state index in [0.717, 1.165) is 33.5 Å². The lowest BCUT2D eigenvalue weighted by atomic mass is 10.00. The highest BCUT2D eigenvalue weighted by Gasteiger charge is 2.19. The third-order valence-corrected chi connectivity index (χ3v) is 3.89. The average molecular weight is 276 g/mol. The van der Waals surface area contributed by atoms with Gasteiger partial charge < -0.3 is 5.73 Å². The van der Waals surface area contributed by atoms with Gasteiger partial charge in [0, 0.05) is 21.8 Å². The predicted octanol–water partition coefficient (Wildman–Crippen LogP) is 3.22. The summed E-state index contributed by atoms with van der Waals surface area (Å²) in [5.41, 5.74) is 7.72. The molecule has 0 radical (unpaired) electrons. The maximum atomic E-state index is 13.6. The number of thioether (sulfide) groups is 1. The molecule has 1 nitrogen and oxygen atoms in total. The highest BCUT2D eigenvalue weighted by molar-refractivity contribution is 9.10. The van der Waals surface area contributed by atoms with E-state index in [4.69, 9.17) is 5.73 Å². The van der Waals surface area contributed by atoms with E-state index in [1.165, 1.54) is 6.07 Å². The van der Waals surface area contributed by atoms with Crippen molar-refractivity contribution in [2.45, 2.75) is 18.2 Å². The van der Waals surface area contributed by atoms with E-state index in [9.17, 15) is 4.39 Å². The van der Waals surface area contributed by atoms with Gasteiger partial charge >= 0.3 is 0 Å². The van der Waals surface area contributed by atoms with Crippen LogP contribution in [0.1, 0.15) is 23.6 Å². The van der Waals surface area contributed by atoms with Crippen LogP contribution in [0, 0.1) is 5.82 Å². The second-order valence-corrected chi connectivity index (χ2v) is 5.42. The summed E-state index contributed by atoms with van der Waals surface area (Å²) in [6.07, 6.45) is 0.924. The summed E-state index contributed by atoms with van der Waals surface area (Å²) in [6, 6.07) is 3.43. The summed E-state index contributed by atoms with van der Waals surface area (Å²) in [7, 11) is 0. The van der Waals surface area contributed by atoms with E-state index >= 15 is 0 Å². The molecule has 76 valence electrons. The van der Waals surface area contributed by atoms with E-state index in [1.54, 1.807) is 11.8 Å². The molecule has 0 saturated heterocycles. The Kier molecular flexibility index (Phi) is 3.14. The SMILES string of the molecule is N[C@H]1CCSCc2c(F)cc(Br)cc21. The first-order valence-corrected chi connectivity index (χ1v) is 6.44. The molecule has 1 heterocycles. The van der Waals surface area contributed by atoms with Crippen LogP contribution in [0.15, 0.2) is 16.6 Å². The van der Waals surface area contributed by atoms with Crippen molar-refractivity contribution in [3.05, 3.63) is 33.5 Å². The Morgan fingerprint density at radius 3 is 3.07 bits per heavy atom. The smallest absolute Gasteiger partial charge is 0.128 e. The van der Waals surface area contributed by atoms with Crippen molar-refractivity contribution >= 4 is 27.7 Å². The summed E-state index contributed by atoms with van der Waals surface area (Å²) in [4.78, 5) is 0. The molecule has 1 atom stereocenters. The molecule has 14 heavy (non-hydrogen) atoms. The summed E-state index contributed by atoms with van der Waals surface area (Å²) >= 11 is 5.04. The summed E-state index contributed by atoms with van der Waals surface area (Å²) in [6.45, 7) is 0. The third kappa shape index (κ3) is 1.97. The first-order chi connectivity index (χ1) is 6.68. The van der Waals surface area contributed by atoms with Gasteiger partial charge in [0.15, 0.2) is 0 Å². The van der Waals surface area contributed by atoms with E-state index < -0.39 is 0 Å². The molecule has 2 rings (SSSR count). The quantitative estimate of drug-likeness (QED) is 0.787. The van der Waals surface area contributed by atoms with Crippen LogP contribution < -0.4 is 5.73 Å². The molecule has 1 aromatic carbocycles. The van der Waals surface area contributed by atoms with Crippen LogP contribution >= 0.6 is 27.7 Å². The van der Waals surface area contributed by atoms with Crippen molar-refractivity contribution in [3.63, 3.8) is 0 Å². The Morgan fingerprint density at radius 2 is 2.29 bits per heavy atom. The van der Waals surface area contributed by atoms with Crippen LogP contribution in [0.3, 0.4) is 0 Å². The van der Waals surface area contributed by atoms with Gasteiger partial charge in [0.05, 0.1) is 0 Å². The molecule has 1 aromatic rings. The van der Waals surface area contributed by atoms with Crippen LogP contribution in [0.25, 0.3) is 0 Å². The van der Waals surface area contributed by atoms with Crippen molar-refractivity contribution < 1.29 is 4.39 Å². The standard InChI is InChI=1S/C10H11BrFNS/c11-6-3-7-8(9(12)4-6)5-14-2-1-10(7)13/h3-4,10H,1-2,5,13H2/t10-/m0/s1. The molecule has 0 saturated carbocycles. The van der Waals surface area contributed by atoms with Crippen molar-refractivity contribution in [2.24, 2.45) is 5.73 Å². The maximum absolute atomic E-state index is 13.6. The normalized spacial score (nSPS) is 21.5. The molecule has 0 unspecified atom stereocenters. The molecular formula is C10H11BrFNS. The highest BCUT2D eigenvalue weighted by atomic mass is 79.9. The first-order valence-electron chi connectivity index (χ1n) is 4.49. The van der Waals surface area contributed by atoms with Crippen LogP contribution in [0.2, 0.25) is 0 Å². The highest BCUT2D eigenvalue weighted by Crippen LogP contribution is 2.32. The zero-order valence-corrected chi connectivity index (χ0v) is 10.00. The van der Waals surface area contributed by atoms with Gasteiger partial charge in [-0.15, -0.1) is 0 Å². The Bertz CT molecular complexity index is 356. The Morgan fingerprint density at radius 1 is 1.50 bits per heavy atom. The zero-order valence-electron chi connectivity index (χ0n) is 7.59. The second-order valence-electron chi connectivity index (χ2n) is 3.40. The minimum Gasteiger partial charge on any atom is -0.324 e. The minimum atomic E-state index is -0.140. The predicted molar refractivity (Wildman–Crippen MR) is 61.8 cm³/mol. The van der Waals surface area contributed by atoms with Gasteiger partial charge in [-0.1, -0.05) is 15.9 Å². The van der Waals surface area contributed by atoms with Gasteiger partial charge in [0.1, 0.15) is 5.82 Å². The van der Waals surface area contributed by atoms with Gasteiger partial charge in [0.2, 0.25) is 0 Å². The fraction of sp³-hybridized carbons (Fsp3) is 0.400. The third-order valence-electron chi connectivity index (χ3n) is 2.41. The average Bonchev–Trinajstić information content (AvgIpc) is 2.29. The van der Waals surface area contributed by atoms with Crippen molar-refractivity contribution in [1.29, 1.82) is 0 Å². The summed E-state index contributed by atoms with van der Waals surface area (Å²) in [5, 5.41) is 0. The number of benzene rings is 1. The molecule has 0 amide bonds. The number of nitrogens with two attached hydrogens (primary N) is 1.